The van der Waals surface area contributed by atoms with Crippen molar-refractivity contribution in [2.75, 3.05) is 26.2 Å². The lowest BCUT2D eigenvalue weighted by molar-refractivity contribution is -0.121. The van der Waals surface area contributed by atoms with E-state index in [4.69, 9.17) is 4.99 Å². The molecule has 1 heterocycles. The van der Waals surface area contributed by atoms with Gasteiger partial charge in [0.2, 0.25) is 5.91 Å². The minimum Gasteiger partial charge on any atom is -0.357 e. The third-order valence-corrected chi connectivity index (χ3v) is 6.06. The lowest BCUT2D eigenvalue weighted by Gasteiger charge is -2.38. The molecule has 0 unspecified atom stereocenters. The average Bonchev–Trinajstić information content (AvgIpc) is 3.01. The van der Waals surface area contributed by atoms with Gasteiger partial charge in [-0.15, -0.1) is 24.0 Å². The van der Waals surface area contributed by atoms with Crippen LogP contribution in [-0.2, 0) is 4.79 Å². The van der Waals surface area contributed by atoms with Crippen LogP contribution < -0.4 is 10.6 Å². The van der Waals surface area contributed by atoms with Crippen molar-refractivity contribution in [3.8, 4) is 0 Å². The van der Waals surface area contributed by atoms with Crippen molar-refractivity contribution in [2.24, 2.45) is 10.4 Å². The lowest BCUT2D eigenvalue weighted by Crippen LogP contribution is -2.42. The SMILES string of the molecule is CCNC(=NCCC(=O)NC1CCCCC1)N1CCC2(CCC2)C1.I. The van der Waals surface area contributed by atoms with Gasteiger partial charge >= 0.3 is 0 Å². The number of guanidine groups is 1. The summed E-state index contributed by atoms with van der Waals surface area (Å²) >= 11 is 0. The summed E-state index contributed by atoms with van der Waals surface area (Å²) in [5.74, 6) is 1.17. The third-order valence-electron chi connectivity index (χ3n) is 6.06. The Labute approximate surface area is 169 Å². The van der Waals surface area contributed by atoms with E-state index >= 15 is 0 Å². The summed E-state index contributed by atoms with van der Waals surface area (Å²) in [7, 11) is 0. The zero-order chi connectivity index (χ0) is 16.8. The van der Waals surface area contributed by atoms with Gasteiger partial charge in [-0.25, -0.2) is 0 Å². The number of nitrogens with zero attached hydrogens (tertiary/aromatic N) is 2. The average molecular weight is 462 g/mol. The highest BCUT2D eigenvalue weighted by Crippen LogP contribution is 2.47. The first-order valence-electron chi connectivity index (χ1n) is 10.0. The van der Waals surface area contributed by atoms with Crippen LogP contribution in [0.1, 0.15) is 71.1 Å². The molecule has 0 atom stereocenters. The normalized spacial score (nSPS) is 23.1. The van der Waals surface area contributed by atoms with Crippen LogP contribution >= 0.6 is 24.0 Å². The van der Waals surface area contributed by atoms with Crippen LogP contribution in [0.25, 0.3) is 0 Å². The van der Waals surface area contributed by atoms with Crippen LogP contribution in [0.5, 0.6) is 0 Å². The second-order valence-electron chi connectivity index (χ2n) is 7.91. The third kappa shape index (κ3) is 5.73. The Morgan fingerprint density at radius 3 is 2.52 bits per heavy atom. The number of carbonyl (C=O) groups excluding carboxylic acids is 1. The standard InChI is InChI=1S/C19H34N4O.HI/c1-2-20-18(23-14-12-19(15-23)10-6-11-19)21-13-9-17(24)22-16-7-4-3-5-8-16;/h16H,2-15H2,1H3,(H,20,21)(H,22,24);1H. The van der Waals surface area contributed by atoms with Gasteiger partial charge in [0.05, 0.1) is 6.54 Å². The maximum atomic E-state index is 12.1. The number of halogens is 1. The molecule has 1 aliphatic heterocycles. The fourth-order valence-electron chi connectivity index (χ4n) is 4.44. The van der Waals surface area contributed by atoms with Gasteiger partial charge in [-0.2, -0.15) is 0 Å². The molecule has 0 bridgehead atoms. The van der Waals surface area contributed by atoms with E-state index < -0.39 is 0 Å². The van der Waals surface area contributed by atoms with Crippen molar-refractivity contribution in [2.45, 2.75) is 77.2 Å². The molecule has 1 saturated heterocycles. The van der Waals surface area contributed by atoms with Crippen LogP contribution in [0.4, 0.5) is 0 Å². The van der Waals surface area contributed by atoms with Crippen LogP contribution in [0.3, 0.4) is 0 Å². The van der Waals surface area contributed by atoms with Gasteiger partial charge in [0.25, 0.3) is 0 Å². The van der Waals surface area contributed by atoms with Crippen molar-refractivity contribution < 1.29 is 4.79 Å². The van der Waals surface area contributed by atoms with Crippen molar-refractivity contribution in [3.63, 3.8) is 0 Å². The molecule has 1 spiro atoms. The highest BCUT2D eigenvalue weighted by molar-refractivity contribution is 14.0. The molecule has 0 radical (unpaired) electrons. The van der Waals surface area contributed by atoms with Gasteiger partial charge in [0.1, 0.15) is 0 Å². The molecular formula is C19H35IN4O. The molecule has 144 valence electrons. The van der Waals surface area contributed by atoms with E-state index in [0.29, 0.717) is 24.4 Å². The number of hydrogen-bond donors (Lipinski definition) is 2. The molecule has 2 aliphatic carbocycles. The molecule has 2 saturated carbocycles. The molecule has 0 aromatic heterocycles. The zero-order valence-corrected chi connectivity index (χ0v) is 18.0. The maximum absolute atomic E-state index is 12.1. The largest absolute Gasteiger partial charge is 0.357 e. The first kappa shape index (κ1) is 20.8. The Kier molecular flexibility index (Phi) is 8.29. The van der Waals surface area contributed by atoms with Crippen LogP contribution in [0.2, 0.25) is 0 Å². The minimum absolute atomic E-state index is 0. The highest BCUT2D eigenvalue weighted by Gasteiger charge is 2.43. The topological polar surface area (TPSA) is 56.7 Å². The summed E-state index contributed by atoms with van der Waals surface area (Å²) in [5, 5.41) is 6.59. The Bertz CT molecular complexity index is 458. The number of rotatable bonds is 5. The Morgan fingerprint density at radius 2 is 1.92 bits per heavy atom. The summed E-state index contributed by atoms with van der Waals surface area (Å²) in [5.41, 5.74) is 0.578. The number of aliphatic imine (C=N–C) groups is 1. The smallest absolute Gasteiger partial charge is 0.222 e. The molecule has 3 rings (SSSR count). The summed E-state index contributed by atoms with van der Waals surface area (Å²) in [6, 6.07) is 0.403. The van der Waals surface area contributed by atoms with E-state index in [9.17, 15) is 4.79 Å². The molecule has 3 fully saturated rings. The monoisotopic (exact) mass is 462 g/mol. The van der Waals surface area contributed by atoms with Gasteiger partial charge in [0.15, 0.2) is 5.96 Å². The van der Waals surface area contributed by atoms with Crippen molar-refractivity contribution >= 4 is 35.8 Å². The van der Waals surface area contributed by atoms with Crippen molar-refractivity contribution in [1.29, 1.82) is 0 Å². The Morgan fingerprint density at radius 1 is 1.16 bits per heavy atom. The molecule has 3 aliphatic rings. The molecule has 25 heavy (non-hydrogen) atoms. The molecule has 0 aromatic rings. The minimum atomic E-state index is 0. The first-order valence-corrected chi connectivity index (χ1v) is 10.0. The first-order chi connectivity index (χ1) is 11.7. The van der Waals surface area contributed by atoms with Gasteiger partial charge < -0.3 is 15.5 Å². The van der Waals surface area contributed by atoms with Crippen LogP contribution in [0.15, 0.2) is 4.99 Å². The fraction of sp³-hybridized carbons (Fsp3) is 0.895. The van der Waals surface area contributed by atoms with E-state index in [0.717, 1.165) is 38.4 Å². The van der Waals surface area contributed by atoms with Gasteiger partial charge in [-0.1, -0.05) is 25.7 Å². The van der Waals surface area contributed by atoms with Gasteiger partial charge in [0, 0.05) is 32.1 Å². The van der Waals surface area contributed by atoms with Gasteiger partial charge in [-0.05, 0) is 44.4 Å². The zero-order valence-electron chi connectivity index (χ0n) is 15.7. The maximum Gasteiger partial charge on any atom is 0.222 e. The summed E-state index contributed by atoms with van der Waals surface area (Å²) in [4.78, 5) is 19.2. The molecule has 5 nitrogen and oxygen atoms in total. The van der Waals surface area contributed by atoms with E-state index in [-0.39, 0.29) is 29.9 Å². The number of carbonyl (C=O) groups is 1. The van der Waals surface area contributed by atoms with Crippen LogP contribution in [-0.4, -0.2) is 49.0 Å². The van der Waals surface area contributed by atoms with Crippen molar-refractivity contribution in [3.05, 3.63) is 0 Å². The number of hydrogen-bond acceptors (Lipinski definition) is 2. The van der Waals surface area contributed by atoms with Crippen LogP contribution in [0, 0.1) is 5.41 Å². The lowest BCUT2D eigenvalue weighted by atomic mass is 9.68. The fourth-order valence-corrected chi connectivity index (χ4v) is 4.44. The number of amides is 1. The van der Waals surface area contributed by atoms with Gasteiger partial charge in [-0.3, -0.25) is 9.79 Å². The van der Waals surface area contributed by atoms with E-state index in [2.05, 4.69) is 22.5 Å². The summed E-state index contributed by atoms with van der Waals surface area (Å²) < 4.78 is 0. The van der Waals surface area contributed by atoms with E-state index in [1.54, 1.807) is 0 Å². The highest BCUT2D eigenvalue weighted by atomic mass is 127. The predicted octanol–water partition coefficient (Wildman–Crippen LogP) is 3.28. The summed E-state index contributed by atoms with van der Waals surface area (Å²) in [6.45, 7) is 5.84. The van der Waals surface area contributed by atoms with E-state index in [1.165, 1.54) is 44.9 Å². The molecule has 1 amide bonds. The molecule has 0 aromatic carbocycles. The molecule has 6 heteroatoms. The predicted molar refractivity (Wildman–Crippen MR) is 114 cm³/mol. The second kappa shape index (κ2) is 9.97. The molecular weight excluding hydrogens is 427 g/mol. The van der Waals surface area contributed by atoms with Crippen molar-refractivity contribution in [1.82, 2.24) is 15.5 Å². The number of nitrogens with one attached hydrogen (secondary N) is 2. The summed E-state index contributed by atoms with van der Waals surface area (Å²) in [6.07, 6.45) is 12.1. The second-order valence-corrected chi connectivity index (χ2v) is 7.91. The number of likely N-dealkylation sites (tertiary alicyclic amines) is 1. The Hall–Kier alpha value is -0.530. The molecule has 2 N–H and O–H groups in total. The quantitative estimate of drug-likeness (QED) is 0.375. The van der Waals surface area contributed by atoms with E-state index in [1.807, 2.05) is 0 Å². The Balaban J connectivity index is 0.00000225.